The fraction of sp³-hybridized carbons (Fsp3) is 0.0667. The first-order chi connectivity index (χ1) is 8.84. The number of rotatable bonds is 3. The van der Waals surface area contributed by atoms with Crippen LogP contribution >= 0.6 is 0 Å². The number of fused-ring (bicyclic) bond motifs is 1. The molecule has 0 atom stereocenters. The lowest BCUT2D eigenvalue weighted by Crippen LogP contribution is -2.09. The van der Waals surface area contributed by atoms with Gasteiger partial charge >= 0.3 is 0 Å². The van der Waals surface area contributed by atoms with Crippen molar-refractivity contribution in [1.29, 1.82) is 0 Å². The lowest BCUT2D eigenvalue weighted by molar-refractivity contribution is 0.107. The van der Waals surface area contributed by atoms with Crippen molar-refractivity contribution >= 4 is 10.9 Å². The second-order valence-corrected chi connectivity index (χ2v) is 4.11. The van der Waals surface area contributed by atoms with Crippen LogP contribution in [0.5, 0.6) is 5.75 Å². The number of phenolic OH excluding ortho intramolecular Hbond substituents is 1. The maximum Gasteiger partial charge on any atom is 0.140 e. The van der Waals surface area contributed by atoms with Gasteiger partial charge in [-0.1, -0.05) is 36.4 Å². The molecule has 18 heavy (non-hydrogen) atoms. The van der Waals surface area contributed by atoms with Gasteiger partial charge in [0.1, 0.15) is 12.4 Å². The monoisotopic (exact) mass is 239 g/mol. The molecule has 0 saturated heterocycles. The van der Waals surface area contributed by atoms with Gasteiger partial charge in [-0.15, -0.1) is 0 Å². The van der Waals surface area contributed by atoms with E-state index in [-0.39, 0.29) is 5.75 Å². The average molecular weight is 239 g/mol. The van der Waals surface area contributed by atoms with Gasteiger partial charge in [-0.3, -0.25) is 0 Å². The van der Waals surface area contributed by atoms with Crippen molar-refractivity contribution in [1.82, 2.24) is 4.73 Å². The average Bonchev–Trinajstić information content (AvgIpc) is 2.82. The summed E-state index contributed by atoms with van der Waals surface area (Å²) in [6, 6.07) is 17.2. The number of aromatic nitrogens is 1. The smallest absolute Gasteiger partial charge is 0.140 e. The van der Waals surface area contributed by atoms with Crippen LogP contribution < -0.4 is 4.84 Å². The van der Waals surface area contributed by atoms with Crippen LogP contribution in [0.1, 0.15) is 5.56 Å². The molecule has 0 unspecified atom stereocenters. The second-order valence-electron chi connectivity index (χ2n) is 4.11. The molecule has 0 fully saturated rings. The van der Waals surface area contributed by atoms with Crippen molar-refractivity contribution in [3.05, 3.63) is 66.4 Å². The first-order valence-corrected chi connectivity index (χ1v) is 5.81. The van der Waals surface area contributed by atoms with Gasteiger partial charge in [0, 0.05) is 11.6 Å². The maximum absolute atomic E-state index is 9.70. The van der Waals surface area contributed by atoms with Crippen LogP contribution in [-0.4, -0.2) is 9.84 Å². The largest absolute Gasteiger partial charge is 0.507 e. The second kappa shape index (κ2) is 4.45. The molecule has 0 radical (unpaired) electrons. The summed E-state index contributed by atoms with van der Waals surface area (Å²) in [5.74, 6) is 0.273. The molecule has 3 aromatic rings. The van der Waals surface area contributed by atoms with Crippen LogP contribution in [0.4, 0.5) is 0 Å². The highest BCUT2D eigenvalue weighted by Gasteiger charge is 2.04. The first kappa shape index (κ1) is 10.7. The van der Waals surface area contributed by atoms with Crippen LogP contribution in [-0.2, 0) is 6.61 Å². The summed E-state index contributed by atoms with van der Waals surface area (Å²) in [5.41, 5.74) is 1.98. The third kappa shape index (κ3) is 1.91. The van der Waals surface area contributed by atoms with E-state index in [1.54, 1.807) is 16.9 Å². The third-order valence-electron chi connectivity index (χ3n) is 2.89. The highest BCUT2D eigenvalue weighted by molar-refractivity contribution is 5.85. The van der Waals surface area contributed by atoms with E-state index >= 15 is 0 Å². The number of nitrogens with zero attached hydrogens (tertiary/aromatic N) is 1. The minimum Gasteiger partial charge on any atom is -0.507 e. The van der Waals surface area contributed by atoms with Gasteiger partial charge in [0.25, 0.3) is 0 Å². The van der Waals surface area contributed by atoms with Crippen molar-refractivity contribution in [2.75, 3.05) is 0 Å². The van der Waals surface area contributed by atoms with Gasteiger partial charge in [0.2, 0.25) is 0 Å². The Hall–Kier alpha value is -2.42. The van der Waals surface area contributed by atoms with E-state index in [0.29, 0.717) is 6.61 Å². The molecule has 3 rings (SSSR count). The molecule has 0 amide bonds. The standard InChI is InChI=1S/C15H13NO2/c17-15-8-4-7-14-13(15)9-10-16(14)18-11-12-5-2-1-3-6-12/h1-10,17H,11H2. The summed E-state index contributed by atoms with van der Waals surface area (Å²) in [6.45, 7) is 0.500. The molecule has 2 aromatic carbocycles. The molecule has 0 aliphatic carbocycles. The van der Waals surface area contributed by atoms with Gasteiger partial charge in [-0.2, -0.15) is 4.73 Å². The topological polar surface area (TPSA) is 34.4 Å². The Labute approximate surface area is 105 Å². The van der Waals surface area contributed by atoms with E-state index in [4.69, 9.17) is 4.84 Å². The van der Waals surface area contributed by atoms with Crippen molar-refractivity contribution < 1.29 is 9.94 Å². The van der Waals surface area contributed by atoms with Crippen LogP contribution in [0.25, 0.3) is 10.9 Å². The van der Waals surface area contributed by atoms with Crippen molar-refractivity contribution in [3.8, 4) is 5.75 Å². The highest BCUT2D eigenvalue weighted by atomic mass is 16.7. The summed E-state index contributed by atoms with van der Waals surface area (Å²) in [6.07, 6.45) is 1.81. The first-order valence-electron chi connectivity index (χ1n) is 5.81. The molecule has 90 valence electrons. The van der Waals surface area contributed by atoms with Gasteiger partial charge in [-0.25, -0.2) is 0 Å². The normalized spacial score (nSPS) is 10.7. The molecule has 1 N–H and O–H groups in total. The zero-order valence-corrected chi connectivity index (χ0v) is 9.78. The van der Waals surface area contributed by atoms with Crippen LogP contribution in [0.15, 0.2) is 60.8 Å². The Bertz CT molecular complexity index is 659. The Morgan fingerprint density at radius 3 is 2.61 bits per heavy atom. The van der Waals surface area contributed by atoms with Gasteiger partial charge in [-0.05, 0) is 23.8 Å². The lowest BCUT2D eigenvalue weighted by Gasteiger charge is -2.08. The summed E-state index contributed by atoms with van der Waals surface area (Å²) < 4.78 is 1.68. The molecule has 0 bridgehead atoms. The zero-order chi connectivity index (χ0) is 12.4. The number of hydrogen-bond acceptors (Lipinski definition) is 2. The van der Waals surface area contributed by atoms with Crippen LogP contribution in [0.3, 0.4) is 0 Å². The maximum atomic E-state index is 9.70. The molecule has 0 aliphatic heterocycles. The SMILES string of the molecule is Oc1cccc2c1ccn2OCc1ccccc1. The Kier molecular flexibility index (Phi) is 2.65. The number of benzene rings is 2. The predicted octanol–water partition coefficient (Wildman–Crippen LogP) is 2.98. The number of hydrogen-bond donors (Lipinski definition) is 1. The summed E-state index contributed by atoms with van der Waals surface area (Å²) >= 11 is 0. The molecule has 0 saturated carbocycles. The molecule has 1 heterocycles. The summed E-state index contributed by atoms with van der Waals surface area (Å²) in [4.78, 5) is 5.71. The Morgan fingerprint density at radius 2 is 1.78 bits per heavy atom. The third-order valence-corrected chi connectivity index (χ3v) is 2.89. The summed E-state index contributed by atoms with van der Waals surface area (Å²) in [7, 11) is 0. The van der Waals surface area contributed by atoms with Crippen molar-refractivity contribution in [2.45, 2.75) is 6.61 Å². The van der Waals surface area contributed by atoms with E-state index in [0.717, 1.165) is 16.5 Å². The Morgan fingerprint density at radius 1 is 0.944 bits per heavy atom. The fourth-order valence-electron chi connectivity index (χ4n) is 1.96. The molecule has 0 spiro atoms. The number of phenols is 1. The Balaban J connectivity index is 1.85. The number of aromatic hydroxyl groups is 1. The van der Waals surface area contributed by atoms with E-state index in [9.17, 15) is 5.11 Å². The minimum atomic E-state index is 0.273. The van der Waals surface area contributed by atoms with Crippen LogP contribution in [0, 0.1) is 0 Å². The van der Waals surface area contributed by atoms with E-state index < -0.39 is 0 Å². The van der Waals surface area contributed by atoms with Crippen molar-refractivity contribution in [3.63, 3.8) is 0 Å². The molecule has 3 nitrogen and oxygen atoms in total. The quantitative estimate of drug-likeness (QED) is 0.762. The van der Waals surface area contributed by atoms with Gasteiger partial charge < -0.3 is 9.94 Å². The summed E-state index contributed by atoms with van der Waals surface area (Å²) in [5, 5.41) is 10.5. The highest BCUT2D eigenvalue weighted by Crippen LogP contribution is 2.24. The zero-order valence-electron chi connectivity index (χ0n) is 9.78. The molecular weight excluding hydrogens is 226 g/mol. The molecule has 0 aliphatic rings. The molecular formula is C15H13NO2. The lowest BCUT2D eigenvalue weighted by atomic mass is 10.2. The van der Waals surface area contributed by atoms with E-state index in [1.165, 1.54) is 0 Å². The fourth-order valence-corrected chi connectivity index (χ4v) is 1.96. The van der Waals surface area contributed by atoms with Gasteiger partial charge in [0.15, 0.2) is 0 Å². The van der Waals surface area contributed by atoms with E-state index in [1.807, 2.05) is 48.7 Å². The molecule has 3 heteroatoms. The van der Waals surface area contributed by atoms with Crippen LogP contribution in [0.2, 0.25) is 0 Å². The van der Waals surface area contributed by atoms with Crippen molar-refractivity contribution in [2.24, 2.45) is 0 Å². The van der Waals surface area contributed by atoms with E-state index in [2.05, 4.69) is 0 Å². The molecule has 1 aromatic heterocycles. The minimum absolute atomic E-state index is 0.273. The van der Waals surface area contributed by atoms with Gasteiger partial charge in [0.05, 0.1) is 5.52 Å². The predicted molar refractivity (Wildman–Crippen MR) is 70.3 cm³/mol.